The predicted octanol–water partition coefficient (Wildman–Crippen LogP) is 4.16. The Hall–Kier alpha value is -4.05. The molecule has 0 radical (unpaired) electrons. The molecule has 0 aliphatic carbocycles. The van der Waals surface area contributed by atoms with Crippen LogP contribution in [0.1, 0.15) is 29.5 Å². The summed E-state index contributed by atoms with van der Waals surface area (Å²) in [6.45, 7) is 1.90. The largest absolute Gasteiger partial charge is 0.463 e. The number of carbonyl (C=O) groups is 1. The summed E-state index contributed by atoms with van der Waals surface area (Å²) in [7, 11) is 0. The van der Waals surface area contributed by atoms with Crippen LogP contribution in [0.15, 0.2) is 60.2 Å². The molecule has 0 amide bonds. The van der Waals surface area contributed by atoms with Crippen molar-refractivity contribution < 1.29 is 14.5 Å². The van der Waals surface area contributed by atoms with E-state index in [9.17, 15) is 14.9 Å². The molecule has 9 nitrogen and oxygen atoms in total. The molecule has 0 saturated carbocycles. The van der Waals surface area contributed by atoms with Crippen molar-refractivity contribution in [3.63, 3.8) is 0 Å². The average Bonchev–Trinajstić information content (AvgIpc) is 2.78. The topological polar surface area (TPSA) is 136 Å². The number of ether oxygens (including phenoxy) is 1. The number of anilines is 2. The Morgan fingerprint density at radius 1 is 1.22 bits per heavy atom. The van der Waals surface area contributed by atoms with Crippen LogP contribution in [-0.2, 0) is 9.53 Å². The number of aromatic amines is 1. The second kappa shape index (κ2) is 8.60. The molecule has 0 bridgehead atoms. The highest BCUT2D eigenvalue weighted by Gasteiger charge is 2.37. The monoisotopic (exact) mass is 449 g/mol. The Bertz CT molecular complexity index is 1290. The lowest BCUT2D eigenvalue weighted by molar-refractivity contribution is -0.384. The molecule has 4 rings (SSSR count). The van der Waals surface area contributed by atoms with Gasteiger partial charge in [-0.05, 0) is 30.3 Å². The third-order valence-electron chi connectivity index (χ3n) is 5.09. The molecule has 3 aromatic rings. The minimum Gasteiger partial charge on any atom is -0.463 e. The number of nitro benzene ring substituents is 1. The number of nitrogens with zero attached hydrogens (tertiary/aromatic N) is 2. The molecule has 10 heteroatoms. The van der Waals surface area contributed by atoms with Gasteiger partial charge in [0.2, 0.25) is 0 Å². The maximum atomic E-state index is 13.2. The Balaban J connectivity index is 2.02. The van der Waals surface area contributed by atoms with Crippen LogP contribution >= 0.6 is 12.2 Å². The molecule has 4 N–H and O–H groups in total. The highest BCUT2D eigenvalue weighted by Crippen LogP contribution is 2.46. The van der Waals surface area contributed by atoms with E-state index in [4.69, 9.17) is 22.7 Å². The second-order valence-corrected chi connectivity index (χ2v) is 7.39. The Labute approximate surface area is 188 Å². The quantitative estimate of drug-likeness (QED) is 0.229. The lowest BCUT2D eigenvalue weighted by Crippen LogP contribution is -2.27. The number of benzene rings is 2. The second-order valence-electron chi connectivity index (χ2n) is 7.00. The summed E-state index contributed by atoms with van der Waals surface area (Å²) in [5, 5.41) is 14.3. The van der Waals surface area contributed by atoms with Gasteiger partial charge in [-0.1, -0.05) is 42.5 Å². The number of nitrogens with one attached hydrogen (secondary N) is 2. The number of nitrogens with two attached hydrogens (primary N) is 1. The zero-order valence-corrected chi connectivity index (χ0v) is 17.8. The Kier molecular flexibility index (Phi) is 5.69. The SMILES string of the molecule is CCOC(=O)C1=C(c2ccccc2)Nc2nc(=S)[nH]c(N)c2C1c1ccc([N+](=O)[O-])cc1. The normalized spacial score (nSPS) is 15.0. The summed E-state index contributed by atoms with van der Waals surface area (Å²) < 4.78 is 5.57. The number of hydrogen-bond acceptors (Lipinski definition) is 8. The number of nitro groups is 1. The molecular formula is C22H19N5O4S. The molecule has 1 aliphatic heterocycles. The van der Waals surface area contributed by atoms with Gasteiger partial charge in [0.1, 0.15) is 11.6 Å². The zero-order chi connectivity index (χ0) is 22.8. The number of non-ortho nitro benzene ring substituents is 1. The first kappa shape index (κ1) is 21.2. The van der Waals surface area contributed by atoms with E-state index in [2.05, 4.69) is 15.3 Å². The van der Waals surface area contributed by atoms with Crippen molar-refractivity contribution in [1.29, 1.82) is 0 Å². The fourth-order valence-corrected chi connectivity index (χ4v) is 3.95. The van der Waals surface area contributed by atoms with Gasteiger partial charge in [0, 0.05) is 17.7 Å². The van der Waals surface area contributed by atoms with Gasteiger partial charge in [-0.2, -0.15) is 0 Å². The van der Waals surface area contributed by atoms with Crippen molar-refractivity contribution in [3.8, 4) is 0 Å². The summed E-state index contributed by atoms with van der Waals surface area (Å²) in [5.74, 6) is -0.582. The number of rotatable bonds is 5. The molecule has 1 aromatic heterocycles. The van der Waals surface area contributed by atoms with Gasteiger partial charge in [0.05, 0.1) is 28.7 Å². The van der Waals surface area contributed by atoms with E-state index in [1.165, 1.54) is 12.1 Å². The average molecular weight is 449 g/mol. The van der Waals surface area contributed by atoms with Crippen LogP contribution in [-0.4, -0.2) is 27.5 Å². The lowest BCUT2D eigenvalue weighted by Gasteiger charge is -2.31. The number of fused-ring (bicyclic) bond motifs is 1. The van der Waals surface area contributed by atoms with Crippen LogP contribution in [0, 0.1) is 14.9 Å². The van der Waals surface area contributed by atoms with E-state index in [0.29, 0.717) is 28.2 Å². The maximum Gasteiger partial charge on any atom is 0.337 e. The number of hydrogen-bond donors (Lipinski definition) is 3. The smallest absolute Gasteiger partial charge is 0.337 e. The Morgan fingerprint density at radius 2 is 1.91 bits per heavy atom. The zero-order valence-electron chi connectivity index (χ0n) is 17.0. The third kappa shape index (κ3) is 3.83. The number of esters is 1. The molecule has 1 atom stereocenters. The number of nitrogen functional groups attached to an aromatic ring is 1. The van der Waals surface area contributed by atoms with Crippen molar-refractivity contribution in [2.75, 3.05) is 17.7 Å². The van der Waals surface area contributed by atoms with E-state index in [-0.39, 0.29) is 22.9 Å². The van der Waals surface area contributed by atoms with Crippen LogP contribution in [0.5, 0.6) is 0 Å². The van der Waals surface area contributed by atoms with Crippen LogP contribution in [0.25, 0.3) is 5.70 Å². The van der Waals surface area contributed by atoms with E-state index >= 15 is 0 Å². The molecule has 162 valence electrons. The van der Waals surface area contributed by atoms with Crippen molar-refractivity contribution >= 4 is 41.2 Å². The molecule has 1 unspecified atom stereocenters. The van der Waals surface area contributed by atoms with Gasteiger partial charge < -0.3 is 20.8 Å². The fraction of sp³-hybridized carbons (Fsp3) is 0.136. The van der Waals surface area contributed by atoms with Crippen molar-refractivity contribution in [3.05, 3.63) is 91.7 Å². The number of carbonyl (C=O) groups excluding carboxylic acids is 1. The van der Waals surface area contributed by atoms with Gasteiger partial charge in [0.15, 0.2) is 4.77 Å². The van der Waals surface area contributed by atoms with Gasteiger partial charge >= 0.3 is 5.97 Å². The van der Waals surface area contributed by atoms with Crippen LogP contribution in [0.3, 0.4) is 0 Å². The summed E-state index contributed by atoms with van der Waals surface area (Å²) in [5.41, 5.74) is 8.92. The minimum atomic E-state index is -0.694. The molecule has 0 fully saturated rings. The fourth-order valence-electron chi connectivity index (χ4n) is 3.74. The van der Waals surface area contributed by atoms with E-state index < -0.39 is 16.8 Å². The van der Waals surface area contributed by atoms with Gasteiger partial charge in [-0.25, -0.2) is 9.78 Å². The van der Waals surface area contributed by atoms with Crippen molar-refractivity contribution in [1.82, 2.24) is 9.97 Å². The minimum absolute atomic E-state index is 0.0635. The van der Waals surface area contributed by atoms with Gasteiger partial charge in [-0.3, -0.25) is 10.1 Å². The van der Waals surface area contributed by atoms with E-state index in [0.717, 1.165) is 5.56 Å². The molecule has 32 heavy (non-hydrogen) atoms. The summed E-state index contributed by atoms with van der Waals surface area (Å²) >= 11 is 5.19. The van der Waals surface area contributed by atoms with Crippen LogP contribution < -0.4 is 11.1 Å². The first-order valence-electron chi connectivity index (χ1n) is 9.78. The first-order valence-corrected chi connectivity index (χ1v) is 10.2. The first-order chi connectivity index (χ1) is 15.4. The standard InChI is InChI=1S/C22H19N5O4S/c1-2-31-21(28)16-15(12-8-10-14(11-9-12)27(29)30)17-19(23)25-22(32)26-20(17)24-18(16)13-6-4-3-5-7-13/h3-11,15H,2H2,1H3,(H4,23,24,25,26,32). The molecule has 0 saturated heterocycles. The third-order valence-corrected chi connectivity index (χ3v) is 5.28. The predicted molar refractivity (Wildman–Crippen MR) is 122 cm³/mol. The molecular weight excluding hydrogens is 430 g/mol. The highest BCUT2D eigenvalue weighted by atomic mass is 32.1. The Morgan fingerprint density at radius 3 is 2.53 bits per heavy atom. The molecule has 0 spiro atoms. The number of H-pyrrole nitrogens is 1. The summed E-state index contributed by atoms with van der Waals surface area (Å²) in [4.78, 5) is 31.1. The summed E-state index contributed by atoms with van der Waals surface area (Å²) in [6, 6.07) is 15.2. The van der Waals surface area contributed by atoms with Crippen LogP contribution in [0.2, 0.25) is 0 Å². The van der Waals surface area contributed by atoms with Crippen LogP contribution in [0.4, 0.5) is 17.3 Å². The highest BCUT2D eigenvalue weighted by molar-refractivity contribution is 7.71. The summed E-state index contributed by atoms with van der Waals surface area (Å²) in [6.07, 6.45) is 0. The number of aromatic nitrogens is 2. The van der Waals surface area contributed by atoms with Crippen molar-refractivity contribution in [2.45, 2.75) is 12.8 Å². The molecule has 2 aromatic carbocycles. The van der Waals surface area contributed by atoms with E-state index in [1.807, 2.05) is 30.3 Å². The molecule has 1 aliphatic rings. The van der Waals surface area contributed by atoms with E-state index in [1.54, 1.807) is 19.1 Å². The van der Waals surface area contributed by atoms with Crippen molar-refractivity contribution in [2.24, 2.45) is 0 Å². The molecule has 2 heterocycles. The van der Waals surface area contributed by atoms with Gasteiger partial charge in [-0.15, -0.1) is 0 Å². The van der Waals surface area contributed by atoms with Gasteiger partial charge in [0.25, 0.3) is 5.69 Å². The lowest BCUT2D eigenvalue weighted by atomic mass is 9.80. The maximum absolute atomic E-state index is 13.2.